The fraction of sp³-hybridized carbons (Fsp3) is 0.136. The Morgan fingerprint density at radius 2 is 1.74 bits per heavy atom. The quantitative estimate of drug-likeness (QED) is 0.367. The number of carbonyl (C=O) groups excluding carboxylic acids is 1. The minimum absolute atomic E-state index is 0.0997. The van der Waals surface area contributed by atoms with E-state index in [1.807, 2.05) is 0 Å². The van der Waals surface area contributed by atoms with Crippen LogP contribution in [-0.4, -0.2) is 42.3 Å². The number of amides is 1. The molecule has 0 fully saturated rings. The average Bonchev–Trinajstić information content (AvgIpc) is 3.29. The van der Waals surface area contributed by atoms with Crippen LogP contribution in [0, 0.1) is 5.82 Å². The molecule has 0 radical (unpaired) electrons. The minimum atomic E-state index is -4.66. The molecule has 0 saturated heterocycles. The van der Waals surface area contributed by atoms with Crippen molar-refractivity contribution in [1.29, 1.82) is 0 Å². The number of sulfone groups is 1. The summed E-state index contributed by atoms with van der Waals surface area (Å²) >= 11 is 0. The number of ether oxygens (including phenoxy) is 1. The number of rotatable bonds is 7. The van der Waals surface area contributed by atoms with E-state index in [-0.39, 0.29) is 17.3 Å². The van der Waals surface area contributed by atoms with E-state index in [0.29, 0.717) is 28.2 Å². The predicted molar refractivity (Wildman–Crippen MR) is 115 cm³/mol. The highest BCUT2D eigenvalue weighted by Crippen LogP contribution is 2.27. The maximum absolute atomic E-state index is 14.1. The number of nitrogens with zero attached hydrogens (tertiary/aromatic N) is 2. The third-order valence-corrected chi connectivity index (χ3v) is 6.61. The first kappa shape index (κ1) is 24.1. The standard InChI is InChI=1S/C22H16F4N4O4S/c23-18-8-17(5-6-19(18)34-12-22(24,25)26)35(32,33)16-3-1-13(2-4-16)9-28-21(31)15-7-14-11-29-30-20(14)27-10-15/h1-8,10-11H,9,12H2,(H,28,31)(H,27,29,30). The van der Waals surface area contributed by atoms with Crippen LogP contribution in [0.1, 0.15) is 15.9 Å². The second-order valence-electron chi connectivity index (χ2n) is 7.36. The largest absolute Gasteiger partial charge is 0.481 e. The molecule has 0 aliphatic carbocycles. The van der Waals surface area contributed by atoms with Gasteiger partial charge in [0.05, 0.1) is 21.6 Å². The highest BCUT2D eigenvalue weighted by atomic mass is 32.2. The molecule has 0 spiro atoms. The number of fused-ring (bicyclic) bond motifs is 1. The number of hydrogen-bond donors (Lipinski definition) is 2. The van der Waals surface area contributed by atoms with Crippen molar-refractivity contribution in [2.75, 3.05) is 6.61 Å². The zero-order valence-corrected chi connectivity index (χ0v) is 18.5. The van der Waals surface area contributed by atoms with E-state index in [2.05, 4.69) is 25.2 Å². The lowest BCUT2D eigenvalue weighted by atomic mass is 10.2. The van der Waals surface area contributed by atoms with Gasteiger partial charge in [-0.05, 0) is 42.0 Å². The van der Waals surface area contributed by atoms with Crippen LogP contribution in [0.2, 0.25) is 0 Å². The van der Waals surface area contributed by atoms with Gasteiger partial charge >= 0.3 is 6.18 Å². The van der Waals surface area contributed by atoms with Gasteiger partial charge in [0.25, 0.3) is 5.91 Å². The Morgan fingerprint density at radius 1 is 1.03 bits per heavy atom. The molecule has 0 aliphatic rings. The second kappa shape index (κ2) is 9.33. The zero-order chi connectivity index (χ0) is 25.2. The van der Waals surface area contributed by atoms with E-state index in [4.69, 9.17) is 0 Å². The summed E-state index contributed by atoms with van der Waals surface area (Å²) in [5, 5.41) is 9.88. The Kier molecular flexibility index (Phi) is 6.43. The maximum atomic E-state index is 14.1. The number of alkyl halides is 3. The van der Waals surface area contributed by atoms with Crippen molar-refractivity contribution in [3.8, 4) is 5.75 Å². The zero-order valence-electron chi connectivity index (χ0n) is 17.6. The van der Waals surface area contributed by atoms with Crippen molar-refractivity contribution in [1.82, 2.24) is 20.5 Å². The van der Waals surface area contributed by atoms with Gasteiger partial charge in [-0.3, -0.25) is 9.89 Å². The van der Waals surface area contributed by atoms with E-state index in [0.717, 1.165) is 12.1 Å². The van der Waals surface area contributed by atoms with E-state index < -0.39 is 39.1 Å². The highest BCUT2D eigenvalue weighted by molar-refractivity contribution is 7.91. The first-order chi connectivity index (χ1) is 16.5. The molecule has 8 nitrogen and oxygen atoms in total. The van der Waals surface area contributed by atoms with Crippen LogP contribution >= 0.6 is 0 Å². The fourth-order valence-corrected chi connectivity index (χ4v) is 4.37. The lowest BCUT2D eigenvalue weighted by Crippen LogP contribution is -2.22. The van der Waals surface area contributed by atoms with Gasteiger partial charge in [-0.25, -0.2) is 17.8 Å². The molecule has 0 atom stereocenters. The molecular formula is C22H16F4N4O4S. The summed E-state index contributed by atoms with van der Waals surface area (Å²) in [4.78, 5) is 15.8. The summed E-state index contributed by atoms with van der Waals surface area (Å²) in [5.74, 6) is -2.34. The van der Waals surface area contributed by atoms with Crippen molar-refractivity contribution in [3.63, 3.8) is 0 Å². The van der Waals surface area contributed by atoms with Gasteiger partial charge in [0.2, 0.25) is 9.84 Å². The number of benzene rings is 2. The summed E-state index contributed by atoms with van der Waals surface area (Å²) < 4.78 is 80.8. The molecule has 2 aromatic carbocycles. The number of hydrogen-bond acceptors (Lipinski definition) is 6. The van der Waals surface area contributed by atoms with Gasteiger partial charge in [0, 0.05) is 18.1 Å². The number of halogens is 4. The molecule has 13 heteroatoms. The molecule has 182 valence electrons. The minimum Gasteiger partial charge on any atom is -0.481 e. The number of aromatic nitrogens is 3. The third-order valence-electron chi connectivity index (χ3n) is 4.85. The van der Waals surface area contributed by atoms with Crippen LogP contribution in [-0.2, 0) is 16.4 Å². The molecular weight excluding hydrogens is 492 g/mol. The first-order valence-electron chi connectivity index (χ1n) is 9.93. The Bertz CT molecular complexity index is 1490. The van der Waals surface area contributed by atoms with Gasteiger partial charge in [0.15, 0.2) is 23.8 Å². The average molecular weight is 508 g/mol. The van der Waals surface area contributed by atoms with E-state index in [1.165, 1.54) is 36.7 Å². The molecule has 2 aromatic heterocycles. The summed E-state index contributed by atoms with van der Waals surface area (Å²) in [6, 6.07) is 9.51. The molecule has 2 heterocycles. The van der Waals surface area contributed by atoms with E-state index >= 15 is 0 Å². The van der Waals surface area contributed by atoms with Crippen LogP contribution in [0.4, 0.5) is 17.6 Å². The fourth-order valence-electron chi connectivity index (χ4n) is 3.09. The SMILES string of the molecule is O=C(NCc1ccc(S(=O)(=O)c2ccc(OCC(F)(F)F)c(F)c2)cc1)c1cnc2[nH]ncc2c1. The number of nitrogens with one attached hydrogen (secondary N) is 2. The second-order valence-corrected chi connectivity index (χ2v) is 9.31. The van der Waals surface area contributed by atoms with Gasteiger partial charge in [0.1, 0.15) is 0 Å². The molecule has 1 amide bonds. The van der Waals surface area contributed by atoms with Gasteiger partial charge < -0.3 is 10.1 Å². The summed E-state index contributed by atoms with van der Waals surface area (Å²) in [5.41, 5.74) is 1.46. The summed E-state index contributed by atoms with van der Waals surface area (Å²) in [7, 11) is -4.15. The van der Waals surface area contributed by atoms with Crippen molar-refractivity contribution < 1.29 is 35.5 Å². The van der Waals surface area contributed by atoms with Gasteiger partial charge in [-0.15, -0.1) is 0 Å². The van der Waals surface area contributed by atoms with Crippen LogP contribution in [0.3, 0.4) is 0 Å². The Labute approximate surface area is 195 Å². The van der Waals surface area contributed by atoms with Crippen molar-refractivity contribution in [2.45, 2.75) is 22.5 Å². The Balaban J connectivity index is 1.42. The third kappa shape index (κ3) is 5.57. The highest BCUT2D eigenvalue weighted by Gasteiger charge is 2.29. The number of H-pyrrole nitrogens is 1. The molecule has 35 heavy (non-hydrogen) atoms. The van der Waals surface area contributed by atoms with Crippen molar-refractivity contribution in [3.05, 3.63) is 77.9 Å². The number of carbonyl (C=O) groups is 1. The Morgan fingerprint density at radius 3 is 2.43 bits per heavy atom. The normalized spacial score (nSPS) is 12.0. The molecule has 2 N–H and O–H groups in total. The maximum Gasteiger partial charge on any atom is 0.422 e. The molecule has 0 unspecified atom stereocenters. The Hall–Kier alpha value is -4.00. The molecule has 0 bridgehead atoms. The number of aromatic amines is 1. The van der Waals surface area contributed by atoms with Crippen molar-refractivity contribution >= 4 is 26.8 Å². The summed E-state index contributed by atoms with van der Waals surface area (Å²) in [6.45, 7) is -1.61. The summed E-state index contributed by atoms with van der Waals surface area (Å²) in [6.07, 6.45) is -1.74. The van der Waals surface area contributed by atoms with Crippen LogP contribution in [0.15, 0.2) is 70.7 Å². The molecule has 0 aliphatic heterocycles. The smallest absolute Gasteiger partial charge is 0.422 e. The predicted octanol–water partition coefficient (Wildman–Crippen LogP) is 3.80. The lowest BCUT2D eigenvalue weighted by Gasteiger charge is -2.11. The first-order valence-corrected chi connectivity index (χ1v) is 11.4. The van der Waals surface area contributed by atoms with Crippen LogP contribution in [0.25, 0.3) is 11.0 Å². The van der Waals surface area contributed by atoms with Crippen LogP contribution < -0.4 is 10.1 Å². The van der Waals surface area contributed by atoms with Crippen molar-refractivity contribution in [2.24, 2.45) is 0 Å². The number of pyridine rings is 1. The molecule has 0 saturated carbocycles. The lowest BCUT2D eigenvalue weighted by molar-refractivity contribution is -0.153. The topological polar surface area (TPSA) is 114 Å². The van der Waals surface area contributed by atoms with Gasteiger partial charge in [-0.2, -0.15) is 18.3 Å². The molecule has 4 aromatic rings. The van der Waals surface area contributed by atoms with E-state index in [1.54, 1.807) is 6.07 Å². The van der Waals surface area contributed by atoms with Gasteiger partial charge in [-0.1, -0.05) is 12.1 Å². The van der Waals surface area contributed by atoms with Crippen LogP contribution in [0.5, 0.6) is 5.75 Å². The molecule has 4 rings (SSSR count). The van der Waals surface area contributed by atoms with E-state index in [9.17, 15) is 30.8 Å². The monoisotopic (exact) mass is 508 g/mol.